The van der Waals surface area contributed by atoms with E-state index in [-0.39, 0.29) is 0 Å². The summed E-state index contributed by atoms with van der Waals surface area (Å²) in [4.78, 5) is 2.30. The second-order valence-electron chi connectivity index (χ2n) is 4.73. The molecule has 0 radical (unpaired) electrons. The molecule has 6 nitrogen and oxygen atoms in total. The number of methoxy groups -OCH3 is 1. The molecule has 1 aliphatic heterocycles. The summed E-state index contributed by atoms with van der Waals surface area (Å²) in [5, 5.41) is 11.6. The fraction of sp³-hybridized carbons (Fsp3) is 0.429. The lowest BCUT2D eigenvalue weighted by molar-refractivity contribution is 0.213. The molecule has 2 aromatic rings. The van der Waals surface area contributed by atoms with Gasteiger partial charge in [-0.05, 0) is 12.1 Å². The second kappa shape index (κ2) is 6.02. The van der Waals surface area contributed by atoms with Gasteiger partial charge in [0.05, 0.1) is 19.2 Å². The summed E-state index contributed by atoms with van der Waals surface area (Å²) in [6.07, 6.45) is 0. The maximum absolute atomic E-state index is 5.75. The smallest absolute Gasteiger partial charge is 0.251 e. The lowest BCUT2D eigenvalue weighted by atomic mass is 10.2. The van der Waals surface area contributed by atoms with Gasteiger partial charge < -0.3 is 14.5 Å². The Labute approximate surface area is 117 Å². The molecule has 2 heterocycles. The van der Waals surface area contributed by atoms with Crippen LogP contribution < -0.4 is 10.1 Å². The predicted molar refractivity (Wildman–Crippen MR) is 74.4 cm³/mol. The molecule has 0 aliphatic carbocycles. The highest BCUT2D eigenvalue weighted by Gasteiger charge is 2.16. The summed E-state index contributed by atoms with van der Waals surface area (Å²) >= 11 is 0. The largest absolute Gasteiger partial charge is 0.496 e. The average Bonchev–Trinajstić information content (AvgIpc) is 2.96. The van der Waals surface area contributed by atoms with Gasteiger partial charge in [0.25, 0.3) is 5.89 Å². The maximum atomic E-state index is 5.75. The van der Waals surface area contributed by atoms with E-state index in [2.05, 4.69) is 20.4 Å². The summed E-state index contributed by atoms with van der Waals surface area (Å²) in [5.41, 5.74) is 0.828. The fourth-order valence-corrected chi connectivity index (χ4v) is 2.31. The molecule has 0 unspecified atom stereocenters. The number of hydrogen-bond acceptors (Lipinski definition) is 6. The van der Waals surface area contributed by atoms with Crippen LogP contribution in [0.3, 0.4) is 0 Å². The van der Waals surface area contributed by atoms with Gasteiger partial charge in [0.1, 0.15) is 5.75 Å². The summed E-state index contributed by atoms with van der Waals surface area (Å²) < 4.78 is 11.1. The highest BCUT2D eigenvalue weighted by molar-refractivity contribution is 5.62. The van der Waals surface area contributed by atoms with Gasteiger partial charge in [-0.3, -0.25) is 4.90 Å². The average molecular weight is 274 g/mol. The molecule has 1 saturated heterocycles. The monoisotopic (exact) mass is 274 g/mol. The normalized spacial score (nSPS) is 16.2. The van der Waals surface area contributed by atoms with Crippen molar-refractivity contribution in [2.24, 2.45) is 0 Å². The zero-order valence-corrected chi connectivity index (χ0v) is 11.5. The van der Waals surface area contributed by atoms with Gasteiger partial charge >= 0.3 is 0 Å². The van der Waals surface area contributed by atoms with Gasteiger partial charge in [-0.1, -0.05) is 12.1 Å². The molecule has 0 saturated carbocycles. The van der Waals surface area contributed by atoms with Gasteiger partial charge in [0, 0.05) is 26.2 Å². The van der Waals surface area contributed by atoms with Gasteiger partial charge in [-0.15, -0.1) is 10.2 Å². The van der Waals surface area contributed by atoms with Crippen LogP contribution in [0.2, 0.25) is 0 Å². The number of piperazine rings is 1. The van der Waals surface area contributed by atoms with Crippen LogP contribution >= 0.6 is 0 Å². The highest BCUT2D eigenvalue weighted by Crippen LogP contribution is 2.28. The molecule has 1 N–H and O–H groups in total. The summed E-state index contributed by atoms with van der Waals surface area (Å²) in [7, 11) is 1.64. The minimum atomic E-state index is 0.507. The lowest BCUT2D eigenvalue weighted by Gasteiger charge is -2.25. The number of para-hydroxylation sites is 1. The molecule has 1 aromatic carbocycles. The van der Waals surface area contributed by atoms with Crippen LogP contribution in [0.15, 0.2) is 28.7 Å². The van der Waals surface area contributed by atoms with Crippen molar-refractivity contribution >= 4 is 0 Å². The zero-order valence-electron chi connectivity index (χ0n) is 11.5. The topological polar surface area (TPSA) is 63.4 Å². The van der Waals surface area contributed by atoms with E-state index in [1.54, 1.807) is 7.11 Å². The third-order valence-corrected chi connectivity index (χ3v) is 3.37. The van der Waals surface area contributed by atoms with Crippen molar-refractivity contribution in [2.75, 3.05) is 33.3 Å². The Bertz CT molecular complexity index is 564. The zero-order chi connectivity index (χ0) is 13.8. The first-order chi connectivity index (χ1) is 9.86. The minimum absolute atomic E-state index is 0.507. The van der Waals surface area contributed by atoms with E-state index in [0.717, 1.165) is 37.5 Å². The number of aromatic nitrogens is 2. The van der Waals surface area contributed by atoms with Crippen LogP contribution in [0.5, 0.6) is 5.75 Å². The van der Waals surface area contributed by atoms with Crippen LogP contribution in [-0.4, -0.2) is 48.4 Å². The number of rotatable bonds is 4. The van der Waals surface area contributed by atoms with Crippen molar-refractivity contribution < 1.29 is 9.15 Å². The summed E-state index contributed by atoms with van der Waals surface area (Å²) in [5.74, 6) is 1.89. The molecule has 1 aliphatic rings. The van der Waals surface area contributed by atoms with Crippen LogP contribution in [0.1, 0.15) is 5.89 Å². The van der Waals surface area contributed by atoms with Crippen molar-refractivity contribution in [3.8, 4) is 17.2 Å². The van der Waals surface area contributed by atoms with Gasteiger partial charge in [0.2, 0.25) is 5.89 Å². The third kappa shape index (κ3) is 2.81. The molecular formula is C14H18N4O2. The fourth-order valence-electron chi connectivity index (χ4n) is 2.31. The molecular weight excluding hydrogens is 256 g/mol. The molecule has 0 bridgehead atoms. The molecule has 1 fully saturated rings. The third-order valence-electron chi connectivity index (χ3n) is 3.37. The van der Waals surface area contributed by atoms with Crippen molar-refractivity contribution in [3.63, 3.8) is 0 Å². The first-order valence-corrected chi connectivity index (χ1v) is 6.75. The van der Waals surface area contributed by atoms with E-state index >= 15 is 0 Å². The Morgan fingerprint density at radius 2 is 2.05 bits per heavy atom. The van der Waals surface area contributed by atoms with Crippen LogP contribution in [0, 0.1) is 0 Å². The van der Waals surface area contributed by atoms with Crippen molar-refractivity contribution in [1.82, 2.24) is 20.4 Å². The van der Waals surface area contributed by atoms with Gasteiger partial charge in [0.15, 0.2) is 0 Å². The molecule has 1 aromatic heterocycles. The van der Waals surface area contributed by atoms with E-state index < -0.39 is 0 Å². The second-order valence-corrected chi connectivity index (χ2v) is 4.73. The molecule has 6 heteroatoms. The lowest BCUT2D eigenvalue weighted by Crippen LogP contribution is -2.42. The van der Waals surface area contributed by atoms with Crippen molar-refractivity contribution in [3.05, 3.63) is 30.2 Å². The van der Waals surface area contributed by atoms with Gasteiger partial charge in [-0.25, -0.2) is 0 Å². The van der Waals surface area contributed by atoms with E-state index in [1.807, 2.05) is 24.3 Å². The quantitative estimate of drug-likeness (QED) is 0.902. The van der Waals surface area contributed by atoms with Crippen LogP contribution in [-0.2, 0) is 6.54 Å². The molecule has 0 atom stereocenters. The molecule has 0 spiro atoms. The Morgan fingerprint density at radius 3 is 2.85 bits per heavy atom. The van der Waals surface area contributed by atoms with Crippen LogP contribution in [0.4, 0.5) is 0 Å². The van der Waals surface area contributed by atoms with E-state index in [4.69, 9.17) is 9.15 Å². The highest BCUT2D eigenvalue weighted by atomic mass is 16.5. The summed E-state index contributed by atoms with van der Waals surface area (Å²) in [6, 6.07) is 7.65. The van der Waals surface area contributed by atoms with Crippen molar-refractivity contribution in [1.29, 1.82) is 0 Å². The number of benzene rings is 1. The maximum Gasteiger partial charge on any atom is 0.251 e. The molecule has 106 valence electrons. The summed E-state index contributed by atoms with van der Waals surface area (Å²) in [6.45, 7) is 4.73. The Kier molecular flexibility index (Phi) is 3.94. The predicted octanol–water partition coefficient (Wildman–Crippen LogP) is 1.15. The molecule has 0 amide bonds. The number of nitrogens with zero attached hydrogens (tertiary/aromatic N) is 3. The number of hydrogen-bond donors (Lipinski definition) is 1. The number of ether oxygens (including phenoxy) is 1. The van der Waals surface area contributed by atoms with Crippen LogP contribution in [0.25, 0.3) is 11.5 Å². The van der Waals surface area contributed by atoms with E-state index in [9.17, 15) is 0 Å². The van der Waals surface area contributed by atoms with Gasteiger partial charge in [-0.2, -0.15) is 0 Å². The first-order valence-electron chi connectivity index (χ1n) is 6.75. The van der Waals surface area contributed by atoms with E-state index in [0.29, 0.717) is 18.3 Å². The number of nitrogens with one attached hydrogen (secondary N) is 1. The van der Waals surface area contributed by atoms with Crippen molar-refractivity contribution in [2.45, 2.75) is 6.54 Å². The SMILES string of the molecule is COc1ccccc1-c1nnc(CN2CCNCC2)o1. The molecule has 20 heavy (non-hydrogen) atoms. The minimum Gasteiger partial charge on any atom is -0.496 e. The molecule has 3 rings (SSSR count). The Morgan fingerprint density at radius 1 is 1.25 bits per heavy atom. The Hall–Kier alpha value is -1.92. The first kappa shape index (κ1) is 13.1. The Balaban J connectivity index is 1.75. The standard InChI is InChI=1S/C14H18N4O2/c1-19-12-5-3-2-4-11(12)14-17-16-13(20-14)10-18-8-6-15-7-9-18/h2-5,15H,6-10H2,1H3. The van der Waals surface area contributed by atoms with E-state index in [1.165, 1.54) is 0 Å².